The molecule has 0 N–H and O–H groups in total. The molecule has 2 rings (SSSR count). The van der Waals surface area contributed by atoms with E-state index in [2.05, 4.69) is 34.0 Å². The van der Waals surface area contributed by atoms with Gasteiger partial charge in [-0.2, -0.15) is 0 Å². The topological polar surface area (TPSA) is 30.3 Å². The van der Waals surface area contributed by atoms with Gasteiger partial charge in [0.25, 0.3) is 0 Å². The summed E-state index contributed by atoms with van der Waals surface area (Å²) in [5.41, 5.74) is 1.19. The van der Waals surface area contributed by atoms with Crippen molar-refractivity contribution < 1.29 is 4.74 Å². The van der Waals surface area contributed by atoms with E-state index in [1.807, 2.05) is 37.6 Å². The van der Waals surface area contributed by atoms with E-state index in [1.54, 1.807) is 6.08 Å². The number of hydrogen-bond acceptors (Lipinski definition) is 3. The highest BCUT2D eigenvalue weighted by atomic mass is 16.5. The Morgan fingerprint density at radius 3 is 2.81 bits per heavy atom. The summed E-state index contributed by atoms with van der Waals surface area (Å²) in [5, 5.41) is 0. The summed E-state index contributed by atoms with van der Waals surface area (Å²) in [7, 11) is 2.03. The van der Waals surface area contributed by atoms with Crippen LogP contribution in [0.3, 0.4) is 0 Å². The molecule has 1 aromatic heterocycles. The van der Waals surface area contributed by atoms with E-state index >= 15 is 0 Å². The third kappa shape index (κ3) is 4.20. The summed E-state index contributed by atoms with van der Waals surface area (Å²) in [6, 6.07) is 8.16. The minimum absolute atomic E-state index is 0.530. The second-order valence-electron chi connectivity index (χ2n) is 4.97. The van der Waals surface area contributed by atoms with Crippen molar-refractivity contribution in [3.63, 3.8) is 0 Å². The van der Waals surface area contributed by atoms with Gasteiger partial charge in [0, 0.05) is 31.5 Å². The molecule has 0 unspecified atom stereocenters. The normalized spacial score (nSPS) is 10.8. The Hall–Kier alpha value is -2.07. The lowest BCUT2D eigenvalue weighted by atomic mass is 10.2. The zero-order chi connectivity index (χ0) is 15.1. The number of para-hydroxylation sites is 1. The Labute approximate surface area is 126 Å². The average molecular weight is 285 g/mol. The maximum Gasteiger partial charge on any atom is 0.124 e. The fraction of sp³-hybridized carbons (Fsp3) is 0.353. The lowest BCUT2D eigenvalue weighted by Crippen LogP contribution is -2.24. The molecule has 4 nitrogen and oxygen atoms in total. The molecule has 0 amide bonds. The van der Waals surface area contributed by atoms with Crippen molar-refractivity contribution in [1.82, 2.24) is 14.5 Å². The van der Waals surface area contributed by atoms with Crippen LogP contribution in [0.5, 0.6) is 5.75 Å². The van der Waals surface area contributed by atoms with Gasteiger partial charge in [-0.05, 0) is 12.6 Å². The average Bonchev–Trinajstić information content (AvgIpc) is 2.90. The first-order valence-electron chi connectivity index (χ1n) is 7.24. The van der Waals surface area contributed by atoms with Crippen LogP contribution >= 0.6 is 0 Å². The van der Waals surface area contributed by atoms with Crippen molar-refractivity contribution >= 4 is 0 Å². The van der Waals surface area contributed by atoms with E-state index in [1.165, 1.54) is 5.56 Å². The first-order chi connectivity index (χ1) is 10.2. The summed E-state index contributed by atoms with van der Waals surface area (Å²) in [6.45, 7) is 9.02. The van der Waals surface area contributed by atoms with Crippen molar-refractivity contribution in [1.29, 1.82) is 0 Å². The highest BCUT2D eigenvalue weighted by Gasteiger charge is 2.11. The molecule has 112 valence electrons. The van der Waals surface area contributed by atoms with Gasteiger partial charge in [0.2, 0.25) is 0 Å². The van der Waals surface area contributed by atoms with Crippen LogP contribution in [0.25, 0.3) is 0 Å². The number of hydrogen-bond donors (Lipinski definition) is 0. The highest BCUT2D eigenvalue weighted by Crippen LogP contribution is 2.20. The summed E-state index contributed by atoms with van der Waals surface area (Å²) in [4.78, 5) is 6.74. The van der Waals surface area contributed by atoms with E-state index in [0.29, 0.717) is 6.61 Å². The Kier molecular flexibility index (Phi) is 5.58. The fourth-order valence-corrected chi connectivity index (χ4v) is 2.19. The van der Waals surface area contributed by atoms with Crippen LogP contribution in [-0.4, -0.2) is 27.6 Å². The molecule has 2 aromatic rings. The standard InChI is InChI=1S/C17H23N3O/c1-4-12-21-16-9-7-6-8-15(16)13-20(5-2)14-17-18-10-11-19(17)3/h4,6-11H,1,5,12-14H2,2-3H3. The van der Waals surface area contributed by atoms with Gasteiger partial charge in [-0.25, -0.2) is 4.98 Å². The Morgan fingerprint density at radius 2 is 2.14 bits per heavy atom. The molecule has 1 aromatic carbocycles. The second kappa shape index (κ2) is 7.64. The number of aromatic nitrogens is 2. The van der Waals surface area contributed by atoms with Gasteiger partial charge >= 0.3 is 0 Å². The minimum atomic E-state index is 0.530. The molecule has 0 bridgehead atoms. The van der Waals surface area contributed by atoms with E-state index < -0.39 is 0 Å². The monoisotopic (exact) mass is 285 g/mol. The first kappa shape index (κ1) is 15.3. The zero-order valence-electron chi connectivity index (χ0n) is 12.8. The molecule has 0 radical (unpaired) electrons. The van der Waals surface area contributed by atoms with Gasteiger partial charge in [-0.15, -0.1) is 0 Å². The van der Waals surface area contributed by atoms with E-state index in [0.717, 1.165) is 31.2 Å². The van der Waals surface area contributed by atoms with Crippen LogP contribution in [0.15, 0.2) is 49.3 Å². The van der Waals surface area contributed by atoms with Gasteiger partial charge in [0.1, 0.15) is 18.2 Å². The van der Waals surface area contributed by atoms with Gasteiger partial charge in [0.05, 0.1) is 6.54 Å². The summed E-state index contributed by atoms with van der Waals surface area (Å²) >= 11 is 0. The maximum absolute atomic E-state index is 5.73. The van der Waals surface area contributed by atoms with Crippen molar-refractivity contribution in [2.45, 2.75) is 20.0 Å². The van der Waals surface area contributed by atoms with E-state index in [9.17, 15) is 0 Å². The molecule has 4 heteroatoms. The Balaban J connectivity index is 2.07. The fourth-order valence-electron chi connectivity index (χ4n) is 2.19. The lowest BCUT2D eigenvalue weighted by Gasteiger charge is -2.21. The smallest absolute Gasteiger partial charge is 0.124 e. The molecule has 0 atom stereocenters. The molecule has 0 fully saturated rings. The number of aryl methyl sites for hydroxylation is 1. The number of rotatable bonds is 8. The molecule has 0 spiro atoms. The van der Waals surface area contributed by atoms with Gasteiger partial charge in [-0.3, -0.25) is 4.90 Å². The van der Waals surface area contributed by atoms with Gasteiger partial charge in [-0.1, -0.05) is 37.8 Å². The predicted molar refractivity (Wildman–Crippen MR) is 85.1 cm³/mol. The van der Waals surface area contributed by atoms with Gasteiger partial charge in [0.15, 0.2) is 0 Å². The zero-order valence-corrected chi connectivity index (χ0v) is 12.8. The molecule has 21 heavy (non-hydrogen) atoms. The lowest BCUT2D eigenvalue weighted by molar-refractivity contribution is 0.255. The number of nitrogens with zero attached hydrogens (tertiary/aromatic N) is 3. The number of benzene rings is 1. The Bertz CT molecular complexity index is 577. The van der Waals surface area contributed by atoms with Crippen molar-refractivity contribution in [2.75, 3.05) is 13.2 Å². The third-order valence-corrected chi connectivity index (χ3v) is 3.46. The molecule has 0 aliphatic carbocycles. The summed E-state index contributed by atoms with van der Waals surface area (Å²) in [6.07, 6.45) is 5.58. The highest BCUT2D eigenvalue weighted by molar-refractivity contribution is 5.33. The van der Waals surface area contributed by atoms with Crippen molar-refractivity contribution in [3.8, 4) is 5.75 Å². The molecule has 1 heterocycles. The third-order valence-electron chi connectivity index (χ3n) is 3.46. The summed E-state index contributed by atoms with van der Waals surface area (Å²) < 4.78 is 7.78. The Morgan fingerprint density at radius 1 is 1.33 bits per heavy atom. The van der Waals surface area contributed by atoms with Crippen LogP contribution in [-0.2, 0) is 20.1 Å². The second-order valence-corrected chi connectivity index (χ2v) is 4.97. The molecule has 0 aliphatic heterocycles. The van der Waals surface area contributed by atoms with Crippen LogP contribution in [0, 0.1) is 0 Å². The number of imidazole rings is 1. The molecule has 0 saturated heterocycles. The largest absolute Gasteiger partial charge is 0.489 e. The first-order valence-corrected chi connectivity index (χ1v) is 7.24. The van der Waals surface area contributed by atoms with Crippen molar-refractivity contribution in [2.24, 2.45) is 7.05 Å². The maximum atomic E-state index is 5.73. The van der Waals surface area contributed by atoms with Crippen LogP contribution in [0.1, 0.15) is 18.3 Å². The van der Waals surface area contributed by atoms with Gasteiger partial charge < -0.3 is 9.30 Å². The minimum Gasteiger partial charge on any atom is -0.489 e. The van der Waals surface area contributed by atoms with E-state index in [4.69, 9.17) is 4.74 Å². The van der Waals surface area contributed by atoms with Crippen LogP contribution < -0.4 is 4.74 Å². The van der Waals surface area contributed by atoms with Crippen molar-refractivity contribution in [3.05, 3.63) is 60.7 Å². The SMILES string of the molecule is C=CCOc1ccccc1CN(CC)Cc1nccn1C. The molecular formula is C17H23N3O. The van der Waals surface area contributed by atoms with Crippen LogP contribution in [0.4, 0.5) is 0 Å². The summed E-state index contributed by atoms with van der Waals surface area (Å²) in [5.74, 6) is 2.00. The molecule has 0 saturated carbocycles. The number of ether oxygens (including phenoxy) is 1. The predicted octanol–water partition coefficient (Wildman–Crippen LogP) is 3.01. The molecule has 0 aliphatic rings. The quantitative estimate of drug-likeness (QED) is 0.698. The van der Waals surface area contributed by atoms with E-state index in [-0.39, 0.29) is 0 Å². The van der Waals surface area contributed by atoms with Crippen LogP contribution in [0.2, 0.25) is 0 Å². The molecular weight excluding hydrogens is 262 g/mol.